The van der Waals surface area contributed by atoms with Gasteiger partial charge in [-0.3, -0.25) is 9.59 Å². The second kappa shape index (κ2) is 9.36. The molecule has 184 valence electrons. The first-order valence-corrected chi connectivity index (χ1v) is 12.5. The molecular weight excluding hydrogens is 444 g/mol. The summed E-state index contributed by atoms with van der Waals surface area (Å²) in [5.74, 6) is -0.891. The zero-order valence-electron chi connectivity index (χ0n) is 20.1. The van der Waals surface area contributed by atoms with Gasteiger partial charge in [0.25, 0.3) is 0 Å². The first-order chi connectivity index (χ1) is 16.8. The van der Waals surface area contributed by atoms with E-state index in [1.54, 1.807) is 0 Å². The molecular formula is C28H32N2O5. The quantitative estimate of drug-likeness (QED) is 0.557. The first kappa shape index (κ1) is 23.4. The topological polar surface area (TPSA) is 105 Å². The number of nitrogens with one attached hydrogen (secondary N) is 2. The number of carboxylic acid groups (broad SMARTS) is 1. The Morgan fingerprint density at radius 3 is 2.20 bits per heavy atom. The van der Waals surface area contributed by atoms with Crippen molar-refractivity contribution in [3.63, 3.8) is 0 Å². The number of carboxylic acids is 1. The predicted molar refractivity (Wildman–Crippen MR) is 131 cm³/mol. The van der Waals surface area contributed by atoms with E-state index in [2.05, 4.69) is 34.9 Å². The summed E-state index contributed by atoms with van der Waals surface area (Å²) in [4.78, 5) is 37.1. The summed E-state index contributed by atoms with van der Waals surface area (Å²) >= 11 is 0. The smallest absolute Gasteiger partial charge is 0.407 e. The Morgan fingerprint density at radius 2 is 1.60 bits per heavy atom. The van der Waals surface area contributed by atoms with Gasteiger partial charge in [0.1, 0.15) is 12.6 Å². The van der Waals surface area contributed by atoms with Crippen LogP contribution in [-0.4, -0.2) is 41.8 Å². The van der Waals surface area contributed by atoms with Gasteiger partial charge in [-0.25, -0.2) is 4.79 Å². The molecule has 0 aliphatic heterocycles. The van der Waals surface area contributed by atoms with Crippen LogP contribution in [0.2, 0.25) is 0 Å². The highest BCUT2D eigenvalue weighted by atomic mass is 16.5. The molecule has 3 N–H and O–H groups in total. The average molecular weight is 477 g/mol. The molecule has 5 atom stereocenters. The Bertz CT molecular complexity index is 1100. The molecule has 5 rings (SSSR count). The second-order valence-electron chi connectivity index (χ2n) is 10.5. The molecule has 3 aliphatic carbocycles. The third-order valence-corrected chi connectivity index (χ3v) is 8.07. The molecule has 0 radical (unpaired) electrons. The van der Waals surface area contributed by atoms with Crippen LogP contribution >= 0.6 is 0 Å². The van der Waals surface area contributed by atoms with Gasteiger partial charge in [0, 0.05) is 12.0 Å². The summed E-state index contributed by atoms with van der Waals surface area (Å²) in [5.41, 5.74) is 4.59. The van der Waals surface area contributed by atoms with Gasteiger partial charge in [0.15, 0.2) is 0 Å². The van der Waals surface area contributed by atoms with Gasteiger partial charge in [-0.1, -0.05) is 62.4 Å². The maximum absolute atomic E-state index is 13.0. The van der Waals surface area contributed by atoms with Crippen LogP contribution in [0.5, 0.6) is 0 Å². The molecule has 0 saturated heterocycles. The normalized spacial score (nSPS) is 25.1. The van der Waals surface area contributed by atoms with Crippen molar-refractivity contribution >= 4 is 18.0 Å². The highest BCUT2D eigenvalue weighted by Crippen LogP contribution is 2.50. The van der Waals surface area contributed by atoms with E-state index in [1.165, 1.54) is 0 Å². The minimum atomic E-state index is -0.749. The first-order valence-electron chi connectivity index (χ1n) is 12.5. The number of carbonyl (C=O) groups excluding carboxylic acids is 2. The van der Waals surface area contributed by atoms with Crippen LogP contribution in [0.15, 0.2) is 48.5 Å². The fourth-order valence-corrected chi connectivity index (χ4v) is 6.17. The van der Waals surface area contributed by atoms with Crippen molar-refractivity contribution in [3.05, 3.63) is 59.7 Å². The number of amides is 2. The van der Waals surface area contributed by atoms with Crippen LogP contribution in [0.1, 0.15) is 50.2 Å². The molecule has 7 nitrogen and oxygen atoms in total. The predicted octanol–water partition coefficient (Wildman–Crippen LogP) is 4.17. The van der Waals surface area contributed by atoms with Crippen LogP contribution in [-0.2, 0) is 14.3 Å². The van der Waals surface area contributed by atoms with E-state index in [1.807, 2.05) is 38.1 Å². The van der Waals surface area contributed by atoms with E-state index in [0.29, 0.717) is 18.8 Å². The van der Waals surface area contributed by atoms with Crippen molar-refractivity contribution < 1.29 is 24.2 Å². The molecule has 7 heteroatoms. The fourth-order valence-electron chi connectivity index (χ4n) is 6.17. The second-order valence-corrected chi connectivity index (χ2v) is 10.5. The van der Waals surface area contributed by atoms with Crippen molar-refractivity contribution in [3.8, 4) is 11.1 Å². The lowest BCUT2D eigenvalue weighted by Gasteiger charge is -2.41. The molecule has 2 fully saturated rings. The summed E-state index contributed by atoms with van der Waals surface area (Å²) < 4.78 is 5.63. The number of aliphatic carboxylic acids is 1. The average Bonchev–Trinajstić information content (AvgIpc) is 3.34. The zero-order valence-corrected chi connectivity index (χ0v) is 20.1. The lowest BCUT2D eigenvalue weighted by Crippen LogP contribution is -2.57. The molecule has 3 aliphatic rings. The van der Waals surface area contributed by atoms with Crippen LogP contribution in [0.3, 0.4) is 0 Å². The molecule has 0 spiro atoms. The Balaban J connectivity index is 1.18. The molecule has 0 heterocycles. The van der Waals surface area contributed by atoms with Gasteiger partial charge in [-0.05, 0) is 59.3 Å². The van der Waals surface area contributed by atoms with Crippen molar-refractivity contribution in [1.82, 2.24) is 10.6 Å². The van der Waals surface area contributed by atoms with Crippen LogP contribution in [0, 0.1) is 23.7 Å². The third-order valence-electron chi connectivity index (χ3n) is 8.07. The number of fused-ring (bicyclic) bond motifs is 4. The molecule has 0 aromatic heterocycles. The maximum atomic E-state index is 13.0. The van der Waals surface area contributed by atoms with E-state index in [0.717, 1.165) is 28.7 Å². The van der Waals surface area contributed by atoms with Crippen LogP contribution < -0.4 is 10.6 Å². The summed E-state index contributed by atoms with van der Waals surface area (Å²) in [6.07, 6.45) is 1.49. The zero-order chi connectivity index (χ0) is 24.7. The number of benzene rings is 2. The van der Waals surface area contributed by atoms with Crippen molar-refractivity contribution in [2.75, 3.05) is 6.61 Å². The number of hydrogen-bond donors (Lipinski definition) is 3. The molecule has 35 heavy (non-hydrogen) atoms. The minimum absolute atomic E-state index is 0.0255. The van der Waals surface area contributed by atoms with Crippen molar-refractivity contribution in [1.29, 1.82) is 0 Å². The van der Waals surface area contributed by atoms with Crippen molar-refractivity contribution in [2.24, 2.45) is 23.7 Å². The Morgan fingerprint density at radius 1 is 0.971 bits per heavy atom. The Kier molecular flexibility index (Phi) is 6.26. The van der Waals surface area contributed by atoms with E-state index in [-0.39, 0.29) is 42.2 Å². The number of carbonyl (C=O) groups is 3. The molecule has 2 unspecified atom stereocenters. The van der Waals surface area contributed by atoms with E-state index in [4.69, 9.17) is 4.74 Å². The minimum Gasteiger partial charge on any atom is -0.481 e. The highest BCUT2D eigenvalue weighted by molar-refractivity contribution is 5.86. The number of ether oxygens (including phenoxy) is 1. The number of rotatable bonds is 7. The third kappa shape index (κ3) is 4.40. The van der Waals surface area contributed by atoms with Crippen molar-refractivity contribution in [2.45, 2.75) is 51.1 Å². The largest absolute Gasteiger partial charge is 0.481 e. The van der Waals surface area contributed by atoms with Gasteiger partial charge < -0.3 is 20.5 Å². The lowest BCUT2D eigenvalue weighted by molar-refractivity contribution is -0.141. The van der Waals surface area contributed by atoms with E-state index >= 15 is 0 Å². The maximum Gasteiger partial charge on any atom is 0.407 e. The monoisotopic (exact) mass is 476 g/mol. The molecule has 2 aromatic rings. The molecule has 0 bridgehead atoms. The van der Waals surface area contributed by atoms with Crippen LogP contribution in [0.4, 0.5) is 4.79 Å². The van der Waals surface area contributed by atoms with Gasteiger partial charge in [-0.15, -0.1) is 0 Å². The summed E-state index contributed by atoms with van der Waals surface area (Å²) in [6, 6.07) is 15.6. The fraction of sp³-hybridized carbons (Fsp3) is 0.464. The number of hydrogen-bond acceptors (Lipinski definition) is 4. The number of alkyl carbamates (subject to hydrolysis) is 1. The lowest BCUT2D eigenvalue weighted by atomic mass is 9.71. The van der Waals surface area contributed by atoms with Gasteiger partial charge in [0.2, 0.25) is 5.91 Å². The SMILES string of the molecule is CC(C)C(NC(=O)OCC1c2ccccc2-c2ccccc21)C(=O)N[C@H]1C[C@H]2CC(C(=O)O)C[C@H]21. The standard InChI is InChI=1S/C28H32N2O5/c1-15(2)25(26(31)29-24-13-16-11-17(27(32)33)12-22(16)24)30-28(34)35-14-23-20-9-5-3-7-18(20)19-8-4-6-10-21(19)23/h3-10,15-17,22-25H,11-14H2,1-2H3,(H,29,31)(H,30,34)(H,32,33)/t16-,17?,22-,24+,25?/m1/s1. The van der Waals surface area contributed by atoms with Gasteiger partial charge in [-0.2, -0.15) is 0 Å². The molecule has 2 saturated carbocycles. The van der Waals surface area contributed by atoms with E-state index < -0.39 is 18.1 Å². The van der Waals surface area contributed by atoms with Gasteiger partial charge >= 0.3 is 12.1 Å². The van der Waals surface area contributed by atoms with E-state index in [9.17, 15) is 19.5 Å². The highest BCUT2D eigenvalue weighted by Gasteiger charge is 2.50. The van der Waals surface area contributed by atoms with Crippen LogP contribution in [0.25, 0.3) is 11.1 Å². The Hall–Kier alpha value is -3.35. The molecule has 2 amide bonds. The Labute approximate surface area is 205 Å². The summed E-state index contributed by atoms with van der Waals surface area (Å²) in [5, 5.41) is 15.1. The summed E-state index contributed by atoms with van der Waals surface area (Å²) in [6.45, 7) is 3.95. The molecule has 2 aromatic carbocycles. The summed E-state index contributed by atoms with van der Waals surface area (Å²) in [7, 11) is 0. The van der Waals surface area contributed by atoms with Gasteiger partial charge in [0.05, 0.1) is 5.92 Å².